The molecule has 0 aliphatic rings. The summed E-state index contributed by atoms with van der Waals surface area (Å²) in [5, 5.41) is 0. The lowest BCUT2D eigenvalue weighted by Gasteiger charge is -2.11. The van der Waals surface area contributed by atoms with Crippen molar-refractivity contribution in [1.29, 1.82) is 0 Å². The maximum absolute atomic E-state index is 5.58. The quantitative estimate of drug-likeness (QED) is 0.851. The van der Waals surface area contributed by atoms with E-state index >= 15 is 0 Å². The van der Waals surface area contributed by atoms with Gasteiger partial charge in [0, 0.05) is 24.5 Å². The number of nitrogens with zero attached hydrogens (tertiary/aromatic N) is 2. The summed E-state index contributed by atoms with van der Waals surface area (Å²) in [5.41, 5.74) is 9.29. The lowest BCUT2D eigenvalue weighted by molar-refractivity contribution is 0.834. The third kappa shape index (κ3) is 1.99. The van der Waals surface area contributed by atoms with Crippen LogP contribution in [-0.4, -0.2) is 16.1 Å². The number of benzene rings is 1. The summed E-state index contributed by atoms with van der Waals surface area (Å²) in [6, 6.07) is 6.44. The van der Waals surface area contributed by atoms with Crippen molar-refractivity contribution in [3.63, 3.8) is 0 Å². The fraction of sp³-hybridized carbons (Fsp3) is 0.308. The summed E-state index contributed by atoms with van der Waals surface area (Å²) < 4.78 is 2.12. The Morgan fingerprint density at radius 3 is 2.88 bits per heavy atom. The van der Waals surface area contributed by atoms with Crippen LogP contribution in [0.1, 0.15) is 17.0 Å². The first-order valence-electron chi connectivity index (χ1n) is 5.52. The van der Waals surface area contributed by atoms with Crippen LogP contribution in [-0.2, 0) is 6.42 Å². The fourth-order valence-electron chi connectivity index (χ4n) is 1.85. The van der Waals surface area contributed by atoms with Gasteiger partial charge in [0.15, 0.2) is 0 Å². The SMILES string of the molecule is Cc1ccc(C)c(-n2ccnc2CCN)c1. The third-order valence-electron chi connectivity index (χ3n) is 2.71. The van der Waals surface area contributed by atoms with Crippen LogP contribution < -0.4 is 5.73 Å². The van der Waals surface area contributed by atoms with Gasteiger partial charge in [-0.05, 0) is 37.6 Å². The van der Waals surface area contributed by atoms with Gasteiger partial charge in [-0.25, -0.2) is 4.98 Å². The van der Waals surface area contributed by atoms with Crippen LogP contribution in [0.3, 0.4) is 0 Å². The summed E-state index contributed by atoms with van der Waals surface area (Å²) in [4.78, 5) is 4.34. The maximum Gasteiger partial charge on any atom is 0.114 e. The highest BCUT2D eigenvalue weighted by Crippen LogP contribution is 2.17. The number of aryl methyl sites for hydroxylation is 2. The first-order chi connectivity index (χ1) is 7.72. The molecule has 3 heteroatoms. The van der Waals surface area contributed by atoms with Crippen molar-refractivity contribution in [1.82, 2.24) is 9.55 Å². The highest BCUT2D eigenvalue weighted by atomic mass is 15.1. The predicted octanol–water partition coefficient (Wildman–Crippen LogP) is 1.99. The molecule has 0 saturated heterocycles. The van der Waals surface area contributed by atoms with E-state index in [4.69, 9.17) is 5.73 Å². The Morgan fingerprint density at radius 2 is 2.12 bits per heavy atom. The minimum atomic E-state index is 0.627. The molecule has 0 fully saturated rings. The van der Waals surface area contributed by atoms with Gasteiger partial charge in [0.2, 0.25) is 0 Å². The Bertz CT molecular complexity index is 486. The molecule has 0 amide bonds. The molecule has 0 spiro atoms. The highest BCUT2D eigenvalue weighted by molar-refractivity contribution is 5.43. The fourth-order valence-corrected chi connectivity index (χ4v) is 1.85. The highest BCUT2D eigenvalue weighted by Gasteiger charge is 2.06. The molecule has 2 rings (SSSR count). The van der Waals surface area contributed by atoms with Gasteiger partial charge in [0.1, 0.15) is 5.82 Å². The Labute approximate surface area is 95.9 Å². The average Bonchev–Trinajstić information content (AvgIpc) is 2.70. The van der Waals surface area contributed by atoms with Crippen molar-refractivity contribution >= 4 is 0 Å². The smallest absolute Gasteiger partial charge is 0.114 e. The van der Waals surface area contributed by atoms with Crippen LogP contribution in [0.15, 0.2) is 30.6 Å². The van der Waals surface area contributed by atoms with Crippen molar-refractivity contribution in [3.8, 4) is 5.69 Å². The average molecular weight is 215 g/mol. The summed E-state index contributed by atoms with van der Waals surface area (Å²) in [7, 11) is 0. The van der Waals surface area contributed by atoms with E-state index < -0.39 is 0 Å². The number of hydrogen-bond acceptors (Lipinski definition) is 2. The summed E-state index contributed by atoms with van der Waals surface area (Å²) >= 11 is 0. The molecule has 1 heterocycles. The van der Waals surface area contributed by atoms with Crippen molar-refractivity contribution in [2.45, 2.75) is 20.3 Å². The molecule has 16 heavy (non-hydrogen) atoms. The predicted molar refractivity (Wildman–Crippen MR) is 65.8 cm³/mol. The van der Waals surface area contributed by atoms with Crippen LogP contribution in [0.2, 0.25) is 0 Å². The number of imidazole rings is 1. The molecule has 2 aromatic rings. The molecule has 0 aliphatic heterocycles. The van der Waals surface area contributed by atoms with E-state index in [1.165, 1.54) is 16.8 Å². The van der Waals surface area contributed by atoms with Crippen LogP contribution in [0.25, 0.3) is 5.69 Å². The van der Waals surface area contributed by atoms with Gasteiger partial charge in [-0.1, -0.05) is 12.1 Å². The summed E-state index contributed by atoms with van der Waals surface area (Å²) in [5.74, 6) is 1.02. The minimum absolute atomic E-state index is 0.627. The van der Waals surface area contributed by atoms with Gasteiger partial charge in [-0.2, -0.15) is 0 Å². The molecule has 0 aliphatic carbocycles. The summed E-state index contributed by atoms with van der Waals surface area (Å²) in [6.07, 6.45) is 4.62. The van der Waals surface area contributed by atoms with E-state index in [1.54, 1.807) is 0 Å². The van der Waals surface area contributed by atoms with E-state index in [9.17, 15) is 0 Å². The molecular weight excluding hydrogens is 198 g/mol. The van der Waals surface area contributed by atoms with Gasteiger partial charge in [0.25, 0.3) is 0 Å². The lowest BCUT2D eigenvalue weighted by atomic mass is 10.1. The van der Waals surface area contributed by atoms with E-state index in [2.05, 4.69) is 41.6 Å². The number of aromatic nitrogens is 2. The van der Waals surface area contributed by atoms with E-state index in [-0.39, 0.29) is 0 Å². The van der Waals surface area contributed by atoms with Crippen LogP contribution in [0, 0.1) is 13.8 Å². The van der Waals surface area contributed by atoms with E-state index in [1.807, 2.05) is 12.4 Å². The van der Waals surface area contributed by atoms with Crippen molar-refractivity contribution < 1.29 is 0 Å². The van der Waals surface area contributed by atoms with Gasteiger partial charge >= 0.3 is 0 Å². The van der Waals surface area contributed by atoms with Crippen LogP contribution in [0.4, 0.5) is 0 Å². The van der Waals surface area contributed by atoms with Crippen LogP contribution in [0.5, 0.6) is 0 Å². The Hall–Kier alpha value is -1.61. The Morgan fingerprint density at radius 1 is 1.31 bits per heavy atom. The standard InChI is InChI=1S/C13H17N3/c1-10-3-4-11(2)12(9-10)16-8-7-15-13(16)5-6-14/h3-4,7-9H,5-6,14H2,1-2H3. The van der Waals surface area contributed by atoms with Gasteiger partial charge in [0.05, 0.1) is 0 Å². The maximum atomic E-state index is 5.58. The molecule has 0 atom stereocenters. The molecule has 1 aromatic heterocycles. The van der Waals surface area contributed by atoms with E-state index in [0.717, 1.165) is 12.2 Å². The van der Waals surface area contributed by atoms with Gasteiger partial charge in [-0.3, -0.25) is 0 Å². The zero-order chi connectivity index (χ0) is 11.5. The largest absolute Gasteiger partial charge is 0.330 e. The zero-order valence-corrected chi connectivity index (χ0v) is 9.77. The molecule has 0 radical (unpaired) electrons. The molecule has 3 nitrogen and oxygen atoms in total. The lowest BCUT2D eigenvalue weighted by Crippen LogP contribution is -2.09. The monoisotopic (exact) mass is 215 g/mol. The Balaban J connectivity index is 2.49. The van der Waals surface area contributed by atoms with E-state index in [0.29, 0.717) is 6.54 Å². The van der Waals surface area contributed by atoms with Crippen molar-refractivity contribution in [2.24, 2.45) is 5.73 Å². The number of nitrogens with two attached hydrogens (primary N) is 1. The third-order valence-corrected chi connectivity index (χ3v) is 2.71. The zero-order valence-electron chi connectivity index (χ0n) is 9.77. The van der Waals surface area contributed by atoms with Crippen LogP contribution >= 0.6 is 0 Å². The first kappa shape index (κ1) is 10.9. The molecular formula is C13H17N3. The second-order valence-electron chi connectivity index (χ2n) is 4.04. The van der Waals surface area contributed by atoms with Gasteiger partial charge in [-0.15, -0.1) is 0 Å². The second-order valence-corrected chi connectivity index (χ2v) is 4.04. The molecule has 0 unspecified atom stereocenters. The normalized spacial score (nSPS) is 10.7. The molecule has 0 saturated carbocycles. The Kier molecular flexibility index (Phi) is 3.06. The molecule has 0 bridgehead atoms. The number of rotatable bonds is 3. The topological polar surface area (TPSA) is 43.8 Å². The van der Waals surface area contributed by atoms with Crippen molar-refractivity contribution in [2.75, 3.05) is 6.54 Å². The molecule has 1 aromatic carbocycles. The molecule has 2 N–H and O–H groups in total. The second kappa shape index (κ2) is 4.49. The van der Waals surface area contributed by atoms with Gasteiger partial charge < -0.3 is 10.3 Å². The number of hydrogen-bond donors (Lipinski definition) is 1. The minimum Gasteiger partial charge on any atom is -0.330 e. The summed E-state index contributed by atoms with van der Waals surface area (Å²) in [6.45, 7) is 4.84. The first-order valence-corrected chi connectivity index (χ1v) is 5.52. The molecule has 84 valence electrons. The van der Waals surface area contributed by atoms with Crippen molar-refractivity contribution in [3.05, 3.63) is 47.5 Å².